The third-order valence-corrected chi connectivity index (χ3v) is 3.08. The number of halogens is 4. The SMILES string of the molecule is NC1CCCN(c2ccc(C(F)(F)F)c(F)c2)C1. The van der Waals surface area contributed by atoms with Gasteiger partial charge in [-0.25, -0.2) is 4.39 Å². The molecular weight excluding hydrogens is 248 g/mol. The molecule has 0 amide bonds. The molecule has 1 aromatic carbocycles. The predicted molar refractivity (Wildman–Crippen MR) is 60.8 cm³/mol. The van der Waals surface area contributed by atoms with E-state index in [1.807, 2.05) is 4.90 Å². The first-order valence-corrected chi connectivity index (χ1v) is 5.75. The number of hydrogen-bond acceptors (Lipinski definition) is 2. The highest BCUT2D eigenvalue weighted by Crippen LogP contribution is 2.33. The average molecular weight is 262 g/mol. The Morgan fingerprint density at radius 3 is 2.56 bits per heavy atom. The van der Waals surface area contributed by atoms with Crippen LogP contribution in [0, 0.1) is 5.82 Å². The lowest BCUT2D eigenvalue weighted by molar-refractivity contribution is -0.139. The van der Waals surface area contributed by atoms with Crippen LogP contribution in [0.25, 0.3) is 0 Å². The fraction of sp³-hybridized carbons (Fsp3) is 0.500. The summed E-state index contributed by atoms with van der Waals surface area (Å²) in [5.41, 5.74) is 5.01. The van der Waals surface area contributed by atoms with E-state index in [0.29, 0.717) is 18.8 Å². The molecule has 0 aliphatic carbocycles. The van der Waals surface area contributed by atoms with Crippen LogP contribution in [0.15, 0.2) is 18.2 Å². The molecule has 0 spiro atoms. The Bertz CT molecular complexity index is 431. The standard InChI is InChI=1S/C12H14F4N2/c13-11-6-9(3-4-10(11)12(14,15)16)18-5-1-2-8(17)7-18/h3-4,6,8H,1-2,5,7,17H2. The fourth-order valence-electron chi connectivity index (χ4n) is 2.18. The second-order valence-electron chi connectivity index (χ2n) is 4.51. The molecule has 100 valence electrons. The van der Waals surface area contributed by atoms with Gasteiger partial charge in [0.05, 0.1) is 5.56 Å². The smallest absolute Gasteiger partial charge is 0.370 e. The summed E-state index contributed by atoms with van der Waals surface area (Å²) in [5, 5.41) is 0. The van der Waals surface area contributed by atoms with Gasteiger partial charge in [0.2, 0.25) is 0 Å². The lowest BCUT2D eigenvalue weighted by atomic mass is 10.1. The minimum atomic E-state index is -4.65. The minimum Gasteiger partial charge on any atom is -0.370 e. The molecule has 1 aliphatic heterocycles. The number of benzene rings is 1. The molecule has 1 saturated heterocycles. The van der Waals surface area contributed by atoms with Gasteiger partial charge in [0.15, 0.2) is 0 Å². The van der Waals surface area contributed by atoms with Gasteiger partial charge >= 0.3 is 6.18 Å². The zero-order chi connectivity index (χ0) is 13.3. The van der Waals surface area contributed by atoms with Gasteiger partial charge in [-0.05, 0) is 31.0 Å². The zero-order valence-electron chi connectivity index (χ0n) is 9.67. The molecule has 1 unspecified atom stereocenters. The van der Waals surface area contributed by atoms with Gasteiger partial charge in [0, 0.05) is 24.8 Å². The van der Waals surface area contributed by atoms with Crippen molar-refractivity contribution in [3.8, 4) is 0 Å². The molecule has 1 aromatic rings. The maximum atomic E-state index is 13.4. The van der Waals surface area contributed by atoms with Gasteiger partial charge < -0.3 is 10.6 Å². The molecule has 1 fully saturated rings. The van der Waals surface area contributed by atoms with Crippen molar-refractivity contribution in [1.29, 1.82) is 0 Å². The van der Waals surface area contributed by atoms with Crippen LogP contribution in [0.3, 0.4) is 0 Å². The quantitative estimate of drug-likeness (QED) is 0.788. The first-order valence-electron chi connectivity index (χ1n) is 5.75. The summed E-state index contributed by atoms with van der Waals surface area (Å²) < 4.78 is 50.7. The van der Waals surface area contributed by atoms with Crippen LogP contribution in [-0.4, -0.2) is 19.1 Å². The summed E-state index contributed by atoms with van der Waals surface area (Å²) in [6.07, 6.45) is -2.90. The second-order valence-corrected chi connectivity index (χ2v) is 4.51. The molecule has 0 aromatic heterocycles. The first kappa shape index (κ1) is 13.1. The van der Waals surface area contributed by atoms with Crippen molar-refractivity contribution < 1.29 is 17.6 Å². The van der Waals surface area contributed by atoms with Crippen molar-refractivity contribution in [1.82, 2.24) is 0 Å². The maximum Gasteiger partial charge on any atom is 0.419 e. The topological polar surface area (TPSA) is 29.3 Å². The predicted octanol–water partition coefficient (Wildman–Crippen LogP) is 2.77. The van der Waals surface area contributed by atoms with E-state index in [4.69, 9.17) is 5.73 Å². The molecule has 0 bridgehead atoms. The monoisotopic (exact) mass is 262 g/mol. The summed E-state index contributed by atoms with van der Waals surface area (Å²) in [7, 11) is 0. The van der Waals surface area contributed by atoms with Crippen LogP contribution in [-0.2, 0) is 6.18 Å². The molecule has 0 radical (unpaired) electrons. The maximum absolute atomic E-state index is 13.4. The van der Waals surface area contributed by atoms with Crippen LogP contribution >= 0.6 is 0 Å². The molecule has 1 aliphatic rings. The lowest BCUT2D eigenvalue weighted by Crippen LogP contribution is -2.42. The van der Waals surface area contributed by atoms with Crippen LogP contribution in [0.4, 0.5) is 23.2 Å². The zero-order valence-corrected chi connectivity index (χ0v) is 9.67. The van der Waals surface area contributed by atoms with Crippen molar-refractivity contribution in [3.05, 3.63) is 29.6 Å². The summed E-state index contributed by atoms with van der Waals surface area (Å²) in [6, 6.07) is 3.00. The summed E-state index contributed by atoms with van der Waals surface area (Å²) >= 11 is 0. The van der Waals surface area contributed by atoms with E-state index in [9.17, 15) is 17.6 Å². The third kappa shape index (κ3) is 2.75. The second kappa shape index (κ2) is 4.76. The van der Waals surface area contributed by atoms with Crippen LogP contribution < -0.4 is 10.6 Å². The molecule has 1 atom stereocenters. The number of nitrogens with zero attached hydrogens (tertiary/aromatic N) is 1. The van der Waals surface area contributed by atoms with E-state index < -0.39 is 17.6 Å². The van der Waals surface area contributed by atoms with E-state index in [2.05, 4.69) is 0 Å². The van der Waals surface area contributed by atoms with Gasteiger partial charge in [-0.15, -0.1) is 0 Å². The van der Waals surface area contributed by atoms with Gasteiger partial charge in [-0.1, -0.05) is 0 Å². The van der Waals surface area contributed by atoms with E-state index in [0.717, 1.165) is 25.0 Å². The van der Waals surface area contributed by atoms with E-state index in [1.165, 1.54) is 6.07 Å². The normalized spacial score (nSPS) is 21.2. The summed E-state index contributed by atoms with van der Waals surface area (Å²) in [6.45, 7) is 1.24. The summed E-state index contributed by atoms with van der Waals surface area (Å²) in [5.74, 6) is -1.24. The fourth-order valence-corrected chi connectivity index (χ4v) is 2.18. The molecule has 18 heavy (non-hydrogen) atoms. The highest BCUT2D eigenvalue weighted by molar-refractivity contribution is 5.49. The number of anilines is 1. The Morgan fingerprint density at radius 2 is 2.00 bits per heavy atom. The Kier molecular flexibility index (Phi) is 3.47. The number of alkyl halides is 3. The number of rotatable bonds is 1. The lowest BCUT2D eigenvalue weighted by Gasteiger charge is -2.32. The van der Waals surface area contributed by atoms with Gasteiger partial charge in [-0.3, -0.25) is 0 Å². The van der Waals surface area contributed by atoms with Gasteiger partial charge in [0.1, 0.15) is 5.82 Å². The molecule has 2 nitrogen and oxygen atoms in total. The van der Waals surface area contributed by atoms with Crippen molar-refractivity contribution >= 4 is 5.69 Å². The van der Waals surface area contributed by atoms with Crippen LogP contribution in [0.1, 0.15) is 18.4 Å². The first-order chi connectivity index (χ1) is 8.38. The van der Waals surface area contributed by atoms with E-state index in [1.54, 1.807) is 0 Å². The number of hydrogen-bond donors (Lipinski definition) is 1. The van der Waals surface area contributed by atoms with Crippen molar-refractivity contribution in [2.24, 2.45) is 5.73 Å². The Balaban J connectivity index is 2.23. The summed E-state index contributed by atoms with van der Waals surface area (Å²) in [4.78, 5) is 1.82. The Morgan fingerprint density at radius 1 is 1.28 bits per heavy atom. The minimum absolute atomic E-state index is 0.0101. The Labute approximate surface area is 102 Å². The van der Waals surface area contributed by atoms with Crippen LogP contribution in [0.5, 0.6) is 0 Å². The van der Waals surface area contributed by atoms with E-state index >= 15 is 0 Å². The molecule has 1 heterocycles. The average Bonchev–Trinajstić information content (AvgIpc) is 2.27. The van der Waals surface area contributed by atoms with Crippen molar-refractivity contribution in [2.75, 3.05) is 18.0 Å². The molecule has 0 saturated carbocycles. The largest absolute Gasteiger partial charge is 0.419 e. The third-order valence-electron chi connectivity index (χ3n) is 3.08. The number of nitrogens with two attached hydrogens (primary N) is 1. The van der Waals surface area contributed by atoms with Crippen molar-refractivity contribution in [3.63, 3.8) is 0 Å². The number of piperidine rings is 1. The van der Waals surface area contributed by atoms with Crippen LogP contribution in [0.2, 0.25) is 0 Å². The van der Waals surface area contributed by atoms with Gasteiger partial charge in [0.25, 0.3) is 0 Å². The molecule has 2 N–H and O–H groups in total. The highest BCUT2D eigenvalue weighted by atomic mass is 19.4. The van der Waals surface area contributed by atoms with Crippen molar-refractivity contribution in [2.45, 2.75) is 25.1 Å². The van der Waals surface area contributed by atoms with Gasteiger partial charge in [-0.2, -0.15) is 13.2 Å². The Hall–Kier alpha value is -1.30. The highest BCUT2D eigenvalue weighted by Gasteiger charge is 2.34. The molecule has 2 rings (SSSR count). The molecule has 6 heteroatoms. The molecular formula is C12H14F4N2. The van der Waals surface area contributed by atoms with E-state index in [-0.39, 0.29) is 6.04 Å².